The van der Waals surface area contributed by atoms with E-state index in [4.69, 9.17) is 14.0 Å². The first-order chi connectivity index (χ1) is 11.6. The second kappa shape index (κ2) is 5.58. The normalized spacial score (nSPS) is 42.9. The van der Waals surface area contributed by atoms with Crippen molar-refractivity contribution < 1.29 is 40.8 Å². The topological polar surface area (TPSA) is 99.1 Å². The van der Waals surface area contributed by atoms with E-state index in [-0.39, 0.29) is 18.4 Å². The fourth-order valence-electron chi connectivity index (χ4n) is 5.26. The van der Waals surface area contributed by atoms with E-state index in [1.165, 1.54) is 6.42 Å². The average Bonchev–Trinajstić information content (AvgIpc) is 2.94. The molecule has 10 heteroatoms. The van der Waals surface area contributed by atoms with E-state index in [2.05, 4.69) is 4.74 Å². The summed E-state index contributed by atoms with van der Waals surface area (Å²) in [5.41, 5.74) is 0. The molecule has 5 rings (SSSR count). The van der Waals surface area contributed by atoms with Crippen molar-refractivity contribution >= 4 is 16.1 Å². The van der Waals surface area contributed by atoms with Crippen molar-refractivity contribution in [2.24, 2.45) is 23.7 Å². The Morgan fingerprint density at radius 3 is 2.24 bits per heavy atom. The molecule has 0 amide bonds. The van der Waals surface area contributed by atoms with Gasteiger partial charge in [0.15, 0.2) is 5.79 Å². The fourth-order valence-corrected chi connectivity index (χ4v) is 5.53. The summed E-state index contributed by atoms with van der Waals surface area (Å²) in [5.74, 6) is -1.11. The van der Waals surface area contributed by atoms with E-state index >= 15 is 0 Å². The maximum atomic E-state index is 13.2. The maximum Gasteiger partial charge on any atom is 0.465 e. The van der Waals surface area contributed by atoms with Crippen LogP contribution in [-0.2, 0) is 29.1 Å². The quantitative estimate of drug-likeness (QED) is 0.582. The molecule has 4 aliphatic carbocycles. The summed E-state index contributed by atoms with van der Waals surface area (Å²) in [4.78, 5) is 11.3. The van der Waals surface area contributed by atoms with Crippen LogP contribution in [-0.4, -0.2) is 49.3 Å². The molecule has 7 nitrogen and oxygen atoms in total. The van der Waals surface area contributed by atoms with Gasteiger partial charge in [-0.1, -0.05) is 0 Å². The zero-order valence-corrected chi connectivity index (χ0v) is 14.2. The van der Waals surface area contributed by atoms with Crippen molar-refractivity contribution in [2.45, 2.75) is 49.2 Å². The van der Waals surface area contributed by atoms with Gasteiger partial charge in [0.2, 0.25) is 0 Å². The van der Waals surface area contributed by atoms with Gasteiger partial charge in [-0.3, -0.25) is 4.55 Å². The third-order valence-electron chi connectivity index (χ3n) is 6.08. The highest BCUT2D eigenvalue weighted by Gasteiger charge is 2.62. The van der Waals surface area contributed by atoms with Crippen molar-refractivity contribution in [3.8, 4) is 0 Å². The molecule has 0 aromatic rings. The van der Waals surface area contributed by atoms with E-state index in [1.807, 2.05) is 0 Å². The highest BCUT2D eigenvalue weighted by atomic mass is 32.2. The first-order valence-corrected chi connectivity index (χ1v) is 9.89. The Bertz CT molecular complexity index is 649. The third kappa shape index (κ3) is 2.68. The van der Waals surface area contributed by atoms with Crippen molar-refractivity contribution in [3.63, 3.8) is 0 Å². The number of hydrogen-bond donors (Lipinski definition) is 1. The number of carbonyl (C=O) groups is 1. The summed E-state index contributed by atoms with van der Waals surface area (Å²) in [6.07, 6.45) is 4.65. The van der Waals surface area contributed by atoms with Crippen LogP contribution in [0.2, 0.25) is 0 Å². The SMILES string of the molecule is O=C(OCC1COC2(O1)C1CC3CC(C1)CC2C3)C(F)(F)S(=O)(=O)O. The number of ether oxygens (including phenoxy) is 3. The van der Waals surface area contributed by atoms with Crippen LogP contribution in [0.5, 0.6) is 0 Å². The molecule has 5 fully saturated rings. The van der Waals surface area contributed by atoms with Gasteiger partial charge in [-0.05, 0) is 43.9 Å². The molecule has 1 atom stereocenters. The van der Waals surface area contributed by atoms with Crippen LogP contribution >= 0.6 is 0 Å². The number of carbonyl (C=O) groups excluding carboxylic acids is 1. The second-order valence-corrected chi connectivity index (χ2v) is 9.13. The molecular weight excluding hydrogens is 362 g/mol. The van der Waals surface area contributed by atoms with Gasteiger partial charge < -0.3 is 14.2 Å². The lowest BCUT2D eigenvalue weighted by Crippen LogP contribution is -2.58. The number of alkyl halides is 2. The monoisotopic (exact) mass is 382 g/mol. The largest absolute Gasteiger partial charge is 0.465 e. The number of hydrogen-bond acceptors (Lipinski definition) is 6. The van der Waals surface area contributed by atoms with Gasteiger partial charge in [-0.2, -0.15) is 17.2 Å². The Balaban J connectivity index is 1.38. The molecule has 142 valence electrons. The lowest BCUT2D eigenvalue weighted by molar-refractivity contribution is -0.295. The molecule has 1 aliphatic heterocycles. The third-order valence-corrected chi connectivity index (χ3v) is 6.90. The minimum absolute atomic E-state index is 0.104. The summed E-state index contributed by atoms with van der Waals surface area (Å²) >= 11 is 0. The molecule has 0 aromatic carbocycles. The Morgan fingerprint density at radius 1 is 1.16 bits per heavy atom. The Morgan fingerprint density at radius 2 is 1.72 bits per heavy atom. The standard InChI is InChI=1S/C15H20F2O7S/c16-15(17,25(19,20)21)13(18)22-6-12-7-23-14(24-12)10-2-8-1-9(4-10)5-11(14)3-8/h8-12H,1-7H2,(H,19,20,21). The van der Waals surface area contributed by atoms with Crippen molar-refractivity contribution in [1.29, 1.82) is 0 Å². The molecule has 1 unspecified atom stereocenters. The van der Waals surface area contributed by atoms with E-state index in [1.54, 1.807) is 0 Å². The van der Waals surface area contributed by atoms with Crippen molar-refractivity contribution in [1.82, 2.24) is 0 Å². The first kappa shape index (κ1) is 17.6. The predicted octanol–water partition coefficient (Wildman–Crippen LogP) is 1.58. The smallest absolute Gasteiger partial charge is 0.457 e. The van der Waals surface area contributed by atoms with Gasteiger partial charge in [0, 0.05) is 11.8 Å². The second-order valence-electron chi connectivity index (χ2n) is 7.67. The summed E-state index contributed by atoms with van der Waals surface area (Å²) in [7, 11) is -5.87. The predicted molar refractivity (Wildman–Crippen MR) is 78.1 cm³/mol. The molecule has 5 aliphatic rings. The molecule has 4 bridgehead atoms. The van der Waals surface area contributed by atoms with E-state index in [0.29, 0.717) is 11.8 Å². The Labute approximate surface area is 143 Å². The molecule has 1 heterocycles. The molecule has 1 spiro atoms. The van der Waals surface area contributed by atoms with Crippen LogP contribution in [0.15, 0.2) is 0 Å². The highest BCUT2D eigenvalue weighted by Crippen LogP contribution is 2.61. The molecular formula is C15H20F2O7S. The van der Waals surface area contributed by atoms with Crippen molar-refractivity contribution in [2.75, 3.05) is 13.2 Å². The maximum absolute atomic E-state index is 13.2. The van der Waals surface area contributed by atoms with Crippen LogP contribution < -0.4 is 0 Å². The number of halogens is 2. The van der Waals surface area contributed by atoms with Crippen LogP contribution in [0.4, 0.5) is 8.78 Å². The highest BCUT2D eigenvalue weighted by molar-refractivity contribution is 7.87. The lowest BCUT2D eigenvalue weighted by Gasteiger charge is -2.58. The molecule has 25 heavy (non-hydrogen) atoms. The molecule has 1 saturated heterocycles. The summed E-state index contributed by atoms with van der Waals surface area (Å²) < 4.78 is 72.2. The Hall–Kier alpha value is -0.840. The van der Waals surface area contributed by atoms with Gasteiger partial charge in [-0.25, -0.2) is 4.79 Å². The Kier molecular flexibility index (Phi) is 3.92. The number of rotatable bonds is 4. The zero-order valence-electron chi connectivity index (χ0n) is 13.4. The summed E-state index contributed by atoms with van der Waals surface area (Å²) in [6.45, 7) is -0.439. The van der Waals surface area contributed by atoms with Crippen LogP contribution in [0, 0.1) is 23.7 Å². The fraction of sp³-hybridized carbons (Fsp3) is 0.933. The minimum Gasteiger partial charge on any atom is -0.457 e. The minimum atomic E-state index is -5.87. The van der Waals surface area contributed by atoms with Gasteiger partial charge in [0.05, 0.1) is 6.61 Å². The molecule has 0 radical (unpaired) electrons. The lowest BCUT2D eigenvalue weighted by atomic mass is 9.53. The molecule has 4 saturated carbocycles. The first-order valence-electron chi connectivity index (χ1n) is 8.45. The average molecular weight is 382 g/mol. The van der Waals surface area contributed by atoms with E-state index < -0.39 is 39.8 Å². The molecule has 0 aromatic heterocycles. The van der Waals surface area contributed by atoms with Gasteiger partial charge >= 0.3 is 21.3 Å². The summed E-state index contributed by atoms with van der Waals surface area (Å²) in [6, 6.07) is 0. The van der Waals surface area contributed by atoms with E-state index in [9.17, 15) is 22.0 Å². The summed E-state index contributed by atoms with van der Waals surface area (Å²) in [5, 5.41) is -4.99. The zero-order chi connectivity index (χ0) is 18.0. The van der Waals surface area contributed by atoms with Crippen LogP contribution in [0.25, 0.3) is 0 Å². The van der Waals surface area contributed by atoms with Gasteiger partial charge in [0.25, 0.3) is 0 Å². The van der Waals surface area contributed by atoms with Gasteiger partial charge in [-0.15, -0.1) is 0 Å². The van der Waals surface area contributed by atoms with E-state index in [0.717, 1.165) is 25.7 Å². The van der Waals surface area contributed by atoms with Crippen molar-refractivity contribution in [3.05, 3.63) is 0 Å². The number of esters is 1. The van der Waals surface area contributed by atoms with Crippen LogP contribution in [0.3, 0.4) is 0 Å². The molecule has 1 N–H and O–H groups in total. The van der Waals surface area contributed by atoms with Crippen LogP contribution in [0.1, 0.15) is 32.1 Å². The van der Waals surface area contributed by atoms with Gasteiger partial charge in [0.1, 0.15) is 12.7 Å².